The Morgan fingerprint density at radius 2 is 1.32 bits per heavy atom. The van der Waals surface area contributed by atoms with Crippen LogP contribution in [0.2, 0.25) is 0 Å². The molecule has 1 N–H and O–H groups in total. The Kier molecular flexibility index (Phi) is 5.42. The van der Waals surface area contributed by atoms with Crippen LogP contribution in [0.1, 0.15) is 48.4 Å². The molecular formula is C26H25N3O2. The molecule has 5 heteroatoms. The Hall–Kier alpha value is -3.73. The molecule has 0 fully saturated rings. The lowest BCUT2D eigenvalue weighted by Crippen LogP contribution is -2.45. The molecular weight excluding hydrogens is 386 g/mol. The molecule has 1 heterocycles. The zero-order valence-corrected chi connectivity index (χ0v) is 17.9. The molecule has 0 spiro atoms. The van der Waals surface area contributed by atoms with Crippen molar-refractivity contribution in [1.82, 2.24) is 15.1 Å². The number of carbonyl (C=O) groups excluding carboxylic acids is 1. The van der Waals surface area contributed by atoms with Crippen molar-refractivity contribution in [3.63, 3.8) is 0 Å². The summed E-state index contributed by atoms with van der Waals surface area (Å²) in [5, 5.41) is 8.70. The van der Waals surface area contributed by atoms with Crippen molar-refractivity contribution in [2.45, 2.75) is 32.4 Å². The summed E-state index contributed by atoms with van der Waals surface area (Å²) in [6.07, 6.45) is 0. The van der Waals surface area contributed by atoms with Crippen LogP contribution in [0.25, 0.3) is 10.8 Å². The van der Waals surface area contributed by atoms with Crippen LogP contribution in [0.15, 0.2) is 89.7 Å². The summed E-state index contributed by atoms with van der Waals surface area (Å²) in [7, 11) is 0. The van der Waals surface area contributed by atoms with Crippen LogP contribution >= 0.6 is 0 Å². The zero-order chi connectivity index (χ0) is 22.0. The first-order valence-corrected chi connectivity index (χ1v) is 10.4. The van der Waals surface area contributed by atoms with Crippen LogP contribution < -0.4 is 10.9 Å². The third-order valence-electron chi connectivity index (χ3n) is 5.60. The van der Waals surface area contributed by atoms with Gasteiger partial charge in [-0.15, -0.1) is 0 Å². The van der Waals surface area contributed by atoms with Crippen LogP contribution in [0.4, 0.5) is 0 Å². The predicted octanol–water partition coefficient (Wildman–Crippen LogP) is 4.67. The van der Waals surface area contributed by atoms with Gasteiger partial charge in [-0.05, 0) is 38.0 Å². The molecule has 0 aliphatic heterocycles. The summed E-state index contributed by atoms with van der Waals surface area (Å²) in [6.45, 7) is 5.74. The van der Waals surface area contributed by atoms with Gasteiger partial charge < -0.3 is 5.32 Å². The molecule has 5 nitrogen and oxygen atoms in total. The zero-order valence-electron chi connectivity index (χ0n) is 17.9. The number of aromatic nitrogens is 2. The molecule has 0 aliphatic rings. The molecule has 1 aromatic heterocycles. The predicted molar refractivity (Wildman–Crippen MR) is 123 cm³/mol. The van der Waals surface area contributed by atoms with Crippen LogP contribution in [-0.2, 0) is 5.54 Å². The van der Waals surface area contributed by atoms with Crippen molar-refractivity contribution in [2.75, 3.05) is 0 Å². The Morgan fingerprint density at radius 3 is 1.84 bits per heavy atom. The molecule has 0 atom stereocenters. The summed E-state index contributed by atoms with van der Waals surface area (Å²) in [5.41, 5.74) is 1.17. The minimum absolute atomic E-state index is 0.168. The normalized spacial score (nSPS) is 11.6. The lowest BCUT2D eigenvalue weighted by atomic mass is 9.84. The fourth-order valence-corrected chi connectivity index (χ4v) is 3.86. The van der Waals surface area contributed by atoms with Gasteiger partial charge in [0.25, 0.3) is 11.5 Å². The first-order chi connectivity index (χ1) is 14.9. The molecule has 4 aromatic rings. The van der Waals surface area contributed by atoms with Gasteiger partial charge in [0, 0.05) is 5.39 Å². The van der Waals surface area contributed by atoms with Crippen molar-refractivity contribution in [3.05, 3.63) is 112 Å². The highest BCUT2D eigenvalue weighted by Crippen LogP contribution is 2.30. The van der Waals surface area contributed by atoms with E-state index < -0.39 is 5.54 Å². The summed E-state index contributed by atoms with van der Waals surface area (Å²) in [4.78, 5) is 26.5. The molecule has 4 rings (SSSR count). The van der Waals surface area contributed by atoms with E-state index in [-0.39, 0.29) is 23.2 Å². The highest BCUT2D eigenvalue weighted by Gasteiger charge is 2.32. The van der Waals surface area contributed by atoms with E-state index in [1.165, 1.54) is 4.68 Å². The number of nitrogens with zero attached hydrogens (tertiary/aromatic N) is 2. The highest BCUT2D eigenvalue weighted by molar-refractivity contribution is 6.05. The molecule has 31 heavy (non-hydrogen) atoms. The van der Waals surface area contributed by atoms with E-state index in [0.717, 1.165) is 11.1 Å². The minimum atomic E-state index is -0.777. The second kappa shape index (κ2) is 8.19. The fraction of sp³-hybridized carbons (Fsp3) is 0.192. The Bertz CT molecular complexity index is 1240. The molecule has 0 aliphatic carbocycles. The molecule has 0 radical (unpaired) electrons. The average Bonchev–Trinajstić information content (AvgIpc) is 2.80. The van der Waals surface area contributed by atoms with Gasteiger partial charge in [0.2, 0.25) is 0 Å². The lowest BCUT2D eigenvalue weighted by Gasteiger charge is -2.32. The van der Waals surface area contributed by atoms with Gasteiger partial charge in [-0.2, -0.15) is 5.10 Å². The molecule has 0 unspecified atom stereocenters. The van der Waals surface area contributed by atoms with Crippen LogP contribution in [0, 0.1) is 0 Å². The van der Waals surface area contributed by atoms with Crippen molar-refractivity contribution in [3.8, 4) is 0 Å². The Labute approximate surface area is 181 Å². The quantitative estimate of drug-likeness (QED) is 0.519. The van der Waals surface area contributed by atoms with Crippen molar-refractivity contribution < 1.29 is 4.79 Å². The monoisotopic (exact) mass is 411 g/mol. The number of nitrogens with one attached hydrogen (secondary N) is 1. The first kappa shape index (κ1) is 20.5. The SMILES string of the molecule is CC(C)n1nc(C(=O)NC(C)(c2ccccc2)c2ccccc2)c2ccccc2c1=O. The average molecular weight is 412 g/mol. The summed E-state index contributed by atoms with van der Waals surface area (Å²) >= 11 is 0. The summed E-state index contributed by atoms with van der Waals surface area (Å²) in [6, 6.07) is 26.6. The number of carbonyl (C=O) groups is 1. The maximum atomic E-state index is 13.6. The van der Waals surface area contributed by atoms with Gasteiger partial charge in [0.1, 0.15) is 0 Å². The largest absolute Gasteiger partial charge is 0.337 e. The van der Waals surface area contributed by atoms with Crippen molar-refractivity contribution in [2.24, 2.45) is 0 Å². The van der Waals surface area contributed by atoms with E-state index in [1.807, 2.05) is 87.5 Å². The Balaban J connectivity index is 1.87. The van der Waals surface area contributed by atoms with E-state index in [4.69, 9.17) is 0 Å². The van der Waals surface area contributed by atoms with E-state index in [1.54, 1.807) is 18.2 Å². The third-order valence-corrected chi connectivity index (χ3v) is 5.60. The smallest absolute Gasteiger partial charge is 0.274 e. The molecule has 0 saturated heterocycles. The second-order valence-electron chi connectivity index (χ2n) is 8.05. The lowest BCUT2D eigenvalue weighted by molar-refractivity contribution is 0.0913. The van der Waals surface area contributed by atoms with Crippen molar-refractivity contribution >= 4 is 16.7 Å². The van der Waals surface area contributed by atoms with Crippen LogP contribution in [0.5, 0.6) is 0 Å². The van der Waals surface area contributed by atoms with Gasteiger partial charge in [0.05, 0.1) is 17.0 Å². The Morgan fingerprint density at radius 1 is 0.839 bits per heavy atom. The van der Waals surface area contributed by atoms with Gasteiger partial charge >= 0.3 is 0 Å². The first-order valence-electron chi connectivity index (χ1n) is 10.4. The molecule has 156 valence electrons. The number of benzene rings is 3. The maximum absolute atomic E-state index is 13.6. The maximum Gasteiger partial charge on any atom is 0.274 e. The van der Waals surface area contributed by atoms with E-state index >= 15 is 0 Å². The molecule has 0 saturated carbocycles. The molecule has 1 amide bonds. The van der Waals surface area contributed by atoms with E-state index in [2.05, 4.69) is 10.4 Å². The van der Waals surface area contributed by atoms with Gasteiger partial charge in [-0.1, -0.05) is 78.9 Å². The third kappa shape index (κ3) is 3.75. The topological polar surface area (TPSA) is 64.0 Å². The number of amides is 1. The van der Waals surface area contributed by atoms with E-state index in [0.29, 0.717) is 10.8 Å². The van der Waals surface area contributed by atoms with Gasteiger partial charge in [-0.25, -0.2) is 4.68 Å². The second-order valence-corrected chi connectivity index (χ2v) is 8.05. The summed E-state index contributed by atoms with van der Waals surface area (Å²) in [5.74, 6) is -0.333. The van der Waals surface area contributed by atoms with Gasteiger partial charge in [-0.3, -0.25) is 9.59 Å². The minimum Gasteiger partial charge on any atom is -0.337 e. The van der Waals surface area contributed by atoms with Crippen LogP contribution in [-0.4, -0.2) is 15.7 Å². The highest BCUT2D eigenvalue weighted by atomic mass is 16.2. The molecule has 3 aromatic carbocycles. The number of hydrogen-bond donors (Lipinski definition) is 1. The number of hydrogen-bond acceptors (Lipinski definition) is 3. The summed E-state index contributed by atoms with van der Waals surface area (Å²) < 4.78 is 1.37. The number of fused-ring (bicyclic) bond motifs is 1. The van der Waals surface area contributed by atoms with Gasteiger partial charge in [0.15, 0.2) is 5.69 Å². The standard InChI is InChI=1S/C26H25N3O2/c1-18(2)29-25(31)22-17-11-10-16-21(22)23(28-29)24(30)27-26(3,19-12-6-4-7-13-19)20-14-8-5-9-15-20/h4-18H,1-3H3,(H,27,30). The van der Waals surface area contributed by atoms with Crippen molar-refractivity contribution in [1.29, 1.82) is 0 Å². The van der Waals surface area contributed by atoms with E-state index in [9.17, 15) is 9.59 Å². The fourth-order valence-electron chi connectivity index (χ4n) is 3.86. The van der Waals surface area contributed by atoms with Crippen LogP contribution in [0.3, 0.4) is 0 Å². The number of rotatable bonds is 5. The molecule has 0 bridgehead atoms.